The molecule has 112 valence electrons. The lowest BCUT2D eigenvalue weighted by molar-refractivity contribution is 0.418. The van der Waals surface area contributed by atoms with Crippen LogP contribution in [0.4, 0.5) is 0 Å². The Morgan fingerprint density at radius 3 is 2.36 bits per heavy atom. The maximum Gasteiger partial charge on any atom is 0.145 e. The summed E-state index contributed by atoms with van der Waals surface area (Å²) in [4.78, 5) is 4.85. The number of benzene rings is 2. The van der Waals surface area contributed by atoms with Crippen molar-refractivity contribution in [2.24, 2.45) is 0 Å². The van der Waals surface area contributed by atoms with E-state index in [1.165, 1.54) is 16.7 Å². The van der Waals surface area contributed by atoms with E-state index in [0.717, 1.165) is 22.3 Å². The molecule has 0 saturated carbocycles. The molecule has 0 fully saturated rings. The molecule has 0 N–H and O–H groups in total. The van der Waals surface area contributed by atoms with Gasteiger partial charge in [0, 0.05) is 11.1 Å². The van der Waals surface area contributed by atoms with E-state index in [0.29, 0.717) is 5.92 Å². The Hall–Kier alpha value is -2.35. The number of ether oxygens (including phenoxy) is 1. The SMILES string of the molecule is COc1cc(C)cc2c(-c3ccccc3)cc(C(C)C)nc12. The second kappa shape index (κ2) is 5.80. The first-order valence-corrected chi connectivity index (χ1v) is 7.65. The van der Waals surface area contributed by atoms with E-state index in [1.807, 2.05) is 12.1 Å². The van der Waals surface area contributed by atoms with Gasteiger partial charge in [-0.1, -0.05) is 44.2 Å². The van der Waals surface area contributed by atoms with Crippen LogP contribution in [-0.2, 0) is 0 Å². The number of rotatable bonds is 3. The molecule has 0 aliphatic heterocycles. The number of aromatic nitrogens is 1. The van der Waals surface area contributed by atoms with Gasteiger partial charge < -0.3 is 4.74 Å². The molecule has 3 aromatic rings. The van der Waals surface area contributed by atoms with Gasteiger partial charge in [0.2, 0.25) is 0 Å². The van der Waals surface area contributed by atoms with E-state index in [1.54, 1.807) is 7.11 Å². The molecule has 1 heterocycles. The first-order chi connectivity index (χ1) is 10.6. The predicted octanol–water partition coefficient (Wildman–Crippen LogP) is 5.34. The van der Waals surface area contributed by atoms with Crippen molar-refractivity contribution in [3.63, 3.8) is 0 Å². The lowest BCUT2D eigenvalue weighted by Gasteiger charge is -2.15. The minimum Gasteiger partial charge on any atom is -0.494 e. The molecule has 0 saturated heterocycles. The van der Waals surface area contributed by atoms with Gasteiger partial charge in [-0.15, -0.1) is 0 Å². The monoisotopic (exact) mass is 291 g/mol. The number of methoxy groups -OCH3 is 1. The highest BCUT2D eigenvalue weighted by atomic mass is 16.5. The first kappa shape index (κ1) is 14.6. The number of aryl methyl sites for hydroxylation is 1. The number of pyridine rings is 1. The van der Waals surface area contributed by atoms with Crippen LogP contribution in [0.25, 0.3) is 22.0 Å². The predicted molar refractivity (Wildman–Crippen MR) is 92.6 cm³/mol. The number of fused-ring (bicyclic) bond motifs is 1. The molecule has 0 spiro atoms. The smallest absolute Gasteiger partial charge is 0.145 e. The molecular weight excluding hydrogens is 270 g/mol. The molecule has 2 heteroatoms. The van der Waals surface area contributed by atoms with Gasteiger partial charge in [-0.05, 0) is 47.7 Å². The molecule has 1 aromatic heterocycles. The third-order valence-electron chi connectivity index (χ3n) is 3.94. The van der Waals surface area contributed by atoms with Gasteiger partial charge in [0.05, 0.1) is 7.11 Å². The summed E-state index contributed by atoms with van der Waals surface area (Å²) in [6.45, 7) is 6.43. The molecule has 0 atom stereocenters. The summed E-state index contributed by atoms with van der Waals surface area (Å²) in [6.07, 6.45) is 0. The highest BCUT2D eigenvalue weighted by Crippen LogP contribution is 2.35. The zero-order valence-electron chi connectivity index (χ0n) is 13.6. The Kier molecular flexibility index (Phi) is 3.84. The maximum absolute atomic E-state index is 5.57. The molecule has 3 rings (SSSR count). The van der Waals surface area contributed by atoms with Crippen LogP contribution in [0.5, 0.6) is 5.75 Å². The highest BCUT2D eigenvalue weighted by Gasteiger charge is 2.14. The number of nitrogens with zero attached hydrogens (tertiary/aromatic N) is 1. The van der Waals surface area contributed by atoms with Crippen molar-refractivity contribution in [3.8, 4) is 16.9 Å². The van der Waals surface area contributed by atoms with Crippen molar-refractivity contribution in [1.29, 1.82) is 0 Å². The third kappa shape index (κ3) is 2.57. The van der Waals surface area contributed by atoms with Gasteiger partial charge in [-0.25, -0.2) is 4.98 Å². The van der Waals surface area contributed by atoms with Gasteiger partial charge >= 0.3 is 0 Å². The molecular formula is C20H21NO. The van der Waals surface area contributed by atoms with Crippen LogP contribution in [0.2, 0.25) is 0 Å². The van der Waals surface area contributed by atoms with Crippen LogP contribution in [0, 0.1) is 6.92 Å². The molecule has 0 aliphatic carbocycles. The fourth-order valence-corrected chi connectivity index (χ4v) is 2.76. The molecule has 0 aliphatic rings. The first-order valence-electron chi connectivity index (χ1n) is 7.65. The molecule has 2 nitrogen and oxygen atoms in total. The zero-order valence-corrected chi connectivity index (χ0v) is 13.6. The summed E-state index contributed by atoms with van der Waals surface area (Å²) in [7, 11) is 1.71. The maximum atomic E-state index is 5.57. The number of hydrogen-bond acceptors (Lipinski definition) is 2. The summed E-state index contributed by atoms with van der Waals surface area (Å²) in [6, 6.07) is 16.9. The van der Waals surface area contributed by atoms with E-state index in [4.69, 9.17) is 9.72 Å². The summed E-state index contributed by atoms with van der Waals surface area (Å²) >= 11 is 0. The van der Waals surface area contributed by atoms with Crippen molar-refractivity contribution < 1.29 is 4.74 Å². The van der Waals surface area contributed by atoms with Crippen LogP contribution in [0.3, 0.4) is 0 Å². The summed E-state index contributed by atoms with van der Waals surface area (Å²) in [5, 5.41) is 1.15. The zero-order chi connectivity index (χ0) is 15.7. The van der Waals surface area contributed by atoms with E-state index in [-0.39, 0.29) is 0 Å². The van der Waals surface area contributed by atoms with Crippen LogP contribution in [0.1, 0.15) is 31.0 Å². The Morgan fingerprint density at radius 2 is 1.73 bits per heavy atom. The lowest BCUT2D eigenvalue weighted by Crippen LogP contribution is -1.98. The Morgan fingerprint density at radius 1 is 1.00 bits per heavy atom. The summed E-state index contributed by atoms with van der Waals surface area (Å²) in [5.41, 5.74) is 5.65. The van der Waals surface area contributed by atoms with Crippen molar-refractivity contribution in [3.05, 3.63) is 59.8 Å². The topological polar surface area (TPSA) is 22.1 Å². The average Bonchev–Trinajstić information content (AvgIpc) is 2.53. The van der Waals surface area contributed by atoms with E-state index in [2.05, 4.69) is 57.2 Å². The Bertz CT molecular complexity index is 807. The van der Waals surface area contributed by atoms with Crippen molar-refractivity contribution in [2.45, 2.75) is 26.7 Å². The summed E-state index contributed by atoms with van der Waals surface area (Å²) < 4.78 is 5.57. The minimum absolute atomic E-state index is 0.373. The standard InChI is InChI=1S/C20H21NO/c1-13(2)18-12-16(15-8-6-5-7-9-15)17-10-14(3)11-19(22-4)20(17)21-18/h5-13H,1-4H3. The second-order valence-electron chi connectivity index (χ2n) is 5.98. The fourth-order valence-electron chi connectivity index (χ4n) is 2.76. The molecule has 0 radical (unpaired) electrons. The fraction of sp³-hybridized carbons (Fsp3) is 0.250. The molecule has 0 amide bonds. The highest BCUT2D eigenvalue weighted by molar-refractivity contribution is 5.98. The van der Waals surface area contributed by atoms with Gasteiger partial charge in [-0.2, -0.15) is 0 Å². The van der Waals surface area contributed by atoms with Crippen LogP contribution in [-0.4, -0.2) is 12.1 Å². The third-order valence-corrected chi connectivity index (χ3v) is 3.94. The van der Waals surface area contributed by atoms with Gasteiger partial charge in [0.25, 0.3) is 0 Å². The van der Waals surface area contributed by atoms with Crippen LogP contribution in [0.15, 0.2) is 48.5 Å². The lowest BCUT2D eigenvalue weighted by atomic mass is 9.96. The van der Waals surface area contributed by atoms with Crippen molar-refractivity contribution in [1.82, 2.24) is 4.98 Å². The van der Waals surface area contributed by atoms with Crippen LogP contribution >= 0.6 is 0 Å². The molecule has 22 heavy (non-hydrogen) atoms. The Labute approximate surface area is 131 Å². The van der Waals surface area contributed by atoms with E-state index in [9.17, 15) is 0 Å². The van der Waals surface area contributed by atoms with E-state index >= 15 is 0 Å². The van der Waals surface area contributed by atoms with Gasteiger partial charge in [0.1, 0.15) is 11.3 Å². The normalized spacial score (nSPS) is 11.1. The van der Waals surface area contributed by atoms with Crippen molar-refractivity contribution in [2.75, 3.05) is 7.11 Å². The molecule has 0 bridgehead atoms. The minimum atomic E-state index is 0.373. The van der Waals surface area contributed by atoms with Crippen molar-refractivity contribution >= 4 is 10.9 Å². The Balaban J connectivity index is 2.41. The summed E-state index contributed by atoms with van der Waals surface area (Å²) in [5.74, 6) is 1.22. The van der Waals surface area contributed by atoms with Crippen LogP contribution < -0.4 is 4.74 Å². The van der Waals surface area contributed by atoms with E-state index < -0.39 is 0 Å². The molecule has 0 unspecified atom stereocenters. The van der Waals surface area contributed by atoms with Gasteiger partial charge in [0.15, 0.2) is 0 Å². The van der Waals surface area contributed by atoms with Gasteiger partial charge in [-0.3, -0.25) is 0 Å². The number of hydrogen-bond donors (Lipinski definition) is 0. The average molecular weight is 291 g/mol. The largest absolute Gasteiger partial charge is 0.494 e. The second-order valence-corrected chi connectivity index (χ2v) is 5.98. The molecule has 2 aromatic carbocycles. The quantitative estimate of drug-likeness (QED) is 0.649.